The summed E-state index contributed by atoms with van der Waals surface area (Å²) in [6.07, 6.45) is 3.44. The van der Waals surface area contributed by atoms with E-state index in [1.54, 1.807) is 21.9 Å². The number of aliphatic imine (C=N–C) groups is 1. The molecule has 0 aromatic heterocycles. The van der Waals surface area contributed by atoms with Gasteiger partial charge in [-0.05, 0) is 61.2 Å². The van der Waals surface area contributed by atoms with Gasteiger partial charge in [-0.3, -0.25) is 14.6 Å². The van der Waals surface area contributed by atoms with Gasteiger partial charge in [0.05, 0.1) is 16.7 Å². The number of likely N-dealkylation sites (tertiary alicyclic amines) is 1. The van der Waals surface area contributed by atoms with Crippen molar-refractivity contribution in [2.75, 3.05) is 32.7 Å². The highest BCUT2D eigenvalue weighted by atomic mass is 79.9. The zero-order valence-corrected chi connectivity index (χ0v) is 22.4. The summed E-state index contributed by atoms with van der Waals surface area (Å²) in [7, 11) is 0. The number of nitrogens with two attached hydrogens (primary N) is 1. The molecule has 0 unspecified atom stereocenters. The molecule has 2 atom stereocenters. The number of morpholine rings is 1. The van der Waals surface area contributed by atoms with Gasteiger partial charge in [0.15, 0.2) is 0 Å². The molecule has 196 valence electrons. The summed E-state index contributed by atoms with van der Waals surface area (Å²) in [5.74, 6) is -0.129. The number of allylic oxidation sites excluding steroid dienone is 1. The topological polar surface area (TPSA) is 97.5 Å². The van der Waals surface area contributed by atoms with Gasteiger partial charge in [-0.2, -0.15) is 0 Å². The molecule has 2 aliphatic heterocycles. The first-order valence-electron chi connectivity index (χ1n) is 12.6. The van der Waals surface area contributed by atoms with Crippen LogP contribution in [0.2, 0.25) is 0 Å². The highest BCUT2D eigenvalue weighted by molar-refractivity contribution is 9.10. The third kappa shape index (κ3) is 6.26. The Bertz CT molecular complexity index is 1040. The number of hydrogen-bond donors (Lipinski definition) is 1. The molecule has 1 aromatic rings. The van der Waals surface area contributed by atoms with Crippen molar-refractivity contribution in [1.82, 2.24) is 9.80 Å². The summed E-state index contributed by atoms with van der Waals surface area (Å²) in [5, 5.41) is 0. The molecular weight excluding hydrogens is 531 g/mol. The zero-order chi connectivity index (χ0) is 25.8. The number of nitrogens with zero attached hydrogens (tertiary/aromatic N) is 3. The number of halogens is 2. The molecule has 0 bridgehead atoms. The number of carbonyl (C=O) groups excluding carboxylic acids is 2. The van der Waals surface area contributed by atoms with Crippen molar-refractivity contribution in [3.8, 4) is 5.75 Å². The first-order valence-corrected chi connectivity index (χ1v) is 13.4. The van der Waals surface area contributed by atoms with Crippen LogP contribution >= 0.6 is 15.9 Å². The molecule has 1 aromatic carbocycles. The summed E-state index contributed by atoms with van der Waals surface area (Å²) < 4.78 is 25.7. The lowest BCUT2D eigenvalue weighted by molar-refractivity contribution is -0.139. The number of carbonyl (C=O) groups is 2. The fraction of sp³-hybridized carbons (Fsp3) is 0.577. The number of piperidine rings is 1. The van der Waals surface area contributed by atoms with Gasteiger partial charge in [0.1, 0.15) is 29.9 Å². The van der Waals surface area contributed by atoms with Crippen molar-refractivity contribution in [3.05, 3.63) is 39.8 Å². The third-order valence-corrected chi connectivity index (χ3v) is 7.63. The van der Waals surface area contributed by atoms with E-state index in [0.717, 1.165) is 17.7 Å². The van der Waals surface area contributed by atoms with Gasteiger partial charge in [-0.15, -0.1) is 0 Å². The molecule has 3 fully saturated rings. The van der Waals surface area contributed by atoms with E-state index >= 15 is 0 Å². The molecule has 1 saturated carbocycles. The predicted molar refractivity (Wildman–Crippen MR) is 138 cm³/mol. The van der Waals surface area contributed by atoms with Crippen LogP contribution in [0.4, 0.5) is 4.39 Å². The highest BCUT2D eigenvalue weighted by Crippen LogP contribution is 2.30. The Morgan fingerprint density at radius 1 is 1.17 bits per heavy atom. The largest absolute Gasteiger partial charge is 0.489 e. The molecule has 1 aliphatic carbocycles. The molecular formula is C26H34BrFN4O4. The SMILES string of the molecule is C[C@@H]1CN(C(=O)/C(N)=C2\CCCC2=NCC(=O)N2CCC(Oc3cccc(F)c3Br)CC2)C[C@H](C)O1. The van der Waals surface area contributed by atoms with Gasteiger partial charge >= 0.3 is 0 Å². The maximum atomic E-state index is 13.7. The molecule has 2 amide bonds. The molecule has 10 heteroatoms. The second-order valence-electron chi connectivity index (χ2n) is 9.73. The number of hydrogen-bond acceptors (Lipinski definition) is 6. The van der Waals surface area contributed by atoms with Crippen molar-refractivity contribution in [3.63, 3.8) is 0 Å². The molecule has 2 N–H and O–H groups in total. The predicted octanol–water partition coefficient (Wildman–Crippen LogP) is 3.43. The average Bonchev–Trinajstić information content (AvgIpc) is 3.33. The maximum absolute atomic E-state index is 13.7. The van der Waals surface area contributed by atoms with E-state index < -0.39 is 0 Å². The number of ether oxygens (including phenoxy) is 2. The lowest BCUT2D eigenvalue weighted by Gasteiger charge is -2.35. The molecule has 36 heavy (non-hydrogen) atoms. The Balaban J connectivity index is 1.32. The third-order valence-electron chi connectivity index (χ3n) is 6.86. The van der Waals surface area contributed by atoms with Crippen LogP contribution in [-0.4, -0.2) is 78.4 Å². The minimum atomic E-state index is -0.365. The van der Waals surface area contributed by atoms with Crippen molar-refractivity contribution in [2.45, 2.75) is 64.3 Å². The first-order chi connectivity index (χ1) is 17.2. The van der Waals surface area contributed by atoms with Gasteiger partial charge in [0.2, 0.25) is 5.91 Å². The Labute approximate surface area is 219 Å². The Kier molecular flexibility index (Phi) is 8.66. The lowest BCUT2D eigenvalue weighted by atomic mass is 10.1. The van der Waals surface area contributed by atoms with Gasteiger partial charge in [0.25, 0.3) is 5.91 Å². The summed E-state index contributed by atoms with van der Waals surface area (Å²) in [6, 6.07) is 4.71. The Morgan fingerprint density at radius 2 is 1.86 bits per heavy atom. The minimum absolute atomic E-state index is 0.0326. The van der Waals surface area contributed by atoms with E-state index in [0.29, 0.717) is 62.1 Å². The maximum Gasteiger partial charge on any atom is 0.270 e. The standard InChI is InChI=1S/C26H34BrFN4O4/c1-16-14-32(15-17(2)35-16)26(34)25(29)19-5-3-7-21(19)30-13-23(33)31-11-9-18(10-12-31)36-22-8-4-6-20(28)24(22)27/h4,6,8,16-18H,3,5,7,9-15,29H2,1-2H3/b25-19-,30-21?/t16-,17+. The molecule has 2 saturated heterocycles. The summed E-state index contributed by atoms with van der Waals surface area (Å²) >= 11 is 3.23. The number of amides is 2. The molecule has 0 radical (unpaired) electrons. The van der Waals surface area contributed by atoms with E-state index in [-0.39, 0.29) is 48.2 Å². The number of rotatable bonds is 5. The van der Waals surface area contributed by atoms with E-state index in [2.05, 4.69) is 20.9 Å². The summed E-state index contributed by atoms with van der Waals surface area (Å²) in [5.41, 5.74) is 8.08. The Hall–Kier alpha value is -2.46. The van der Waals surface area contributed by atoms with Crippen LogP contribution in [0.3, 0.4) is 0 Å². The molecule has 4 rings (SSSR count). The normalized spacial score (nSPS) is 25.8. The van der Waals surface area contributed by atoms with E-state index in [4.69, 9.17) is 15.2 Å². The van der Waals surface area contributed by atoms with Crippen LogP contribution in [0.1, 0.15) is 46.0 Å². The fourth-order valence-electron chi connectivity index (χ4n) is 5.08. The fourth-order valence-corrected chi connectivity index (χ4v) is 5.43. The van der Waals surface area contributed by atoms with Crippen molar-refractivity contribution in [1.29, 1.82) is 0 Å². The van der Waals surface area contributed by atoms with Crippen LogP contribution in [0.25, 0.3) is 0 Å². The number of benzene rings is 1. The van der Waals surface area contributed by atoms with Crippen LogP contribution in [0.15, 0.2) is 38.9 Å². The molecule has 8 nitrogen and oxygen atoms in total. The van der Waals surface area contributed by atoms with Gasteiger partial charge in [-0.1, -0.05) is 6.07 Å². The summed E-state index contributed by atoms with van der Waals surface area (Å²) in [4.78, 5) is 34.0. The van der Waals surface area contributed by atoms with Crippen molar-refractivity contribution in [2.24, 2.45) is 10.7 Å². The van der Waals surface area contributed by atoms with Gasteiger partial charge in [0, 0.05) is 50.3 Å². The van der Waals surface area contributed by atoms with E-state index in [1.165, 1.54) is 6.07 Å². The quantitative estimate of drug-likeness (QED) is 0.552. The lowest BCUT2D eigenvalue weighted by Crippen LogP contribution is -2.49. The van der Waals surface area contributed by atoms with Gasteiger partial charge < -0.3 is 25.0 Å². The van der Waals surface area contributed by atoms with E-state index in [1.807, 2.05) is 13.8 Å². The second-order valence-corrected chi connectivity index (χ2v) is 10.5. The average molecular weight is 565 g/mol. The van der Waals surface area contributed by atoms with Crippen molar-refractivity contribution < 1.29 is 23.5 Å². The molecule has 3 aliphatic rings. The second kappa shape index (κ2) is 11.7. The highest BCUT2D eigenvalue weighted by Gasteiger charge is 2.30. The Morgan fingerprint density at radius 3 is 2.56 bits per heavy atom. The van der Waals surface area contributed by atoms with Gasteiger partial charge in [-0.25, -0.2) is 4.39 Å². The van der Waals surface area contributed by atoms with E-state index in [9.17, 15) is 14.0 Å². The first kappa shape index (κ1) is 26.6. The smallest absolute Gasteiger partial charge is 0.270 e. The van der Waals surface area contributed by atoms with Crippen LogP contribution < -0.4 is 10.5 Å². The zero-order valence-electron chi connectivity index (χ0n) is 20.8. The van der Waals surface area contributed by atoms with Crippen molar-refractivity contribution >= 4 is 33.5 Å². The van der Waals surface area contributed by atoms with Crippen LogP contribution in [-0.2, 0) is 14.3 Å². The minimum Gasteiger partial charge on any atom is -0.489 e. The molecule has 0 spiro atoms. The summed E-state index contributed by atoms with van der Waals surface area (Å²) in [6.45, 7) is 6.06. The van der Waals surface area contributed by atoms with Crippen LogP contribution in [0.5, 0.6) is 5.75 Å². The van der Waals surface area contributed by atoms with Crippen LogP contribution in [0, 0.1) is 5.82 Å². The monoisotopic (exact) mass is 564 g/mol. The molecule has 2 heterocycles.